The van der Waals surface area contributed by atoms with Gasteiger partial charge in [0.1, 0.15) is 5.60 Å². The number of carboxylic acid groups (broad SMARTS) is 1. The molecule has 0 aliphatic rings. The molecule has 0 radical (unpaired) electrons. The number of likely N-dealkylation sites (N-methyl/N-ethyl adjacent to an activating group) is 1. The molecule has 0 aliphatic heterocycles. The molecule has 0 saturated carbocycles. The minimum absolute atomic E-state index is 0.00717. The Bertz CT molecular complexity index is 390. The number of rotatable bonds is 7. The summed E-state index contributed by atoms with van der Waals surface area (Å²) < 4.78 is 18.5. The number of hydrogen-bond acceptors (Lipinski definition) is 4. The van der Waals surface area contributed by atoms with Crippen LogP contribution in [0.4, 0.5) is 9.18 Å². The molecule has 2 atom stereocenters. The van der Waals surface area contributed by atoms with Gasteiger partial charge in [0, 0.05) is 13.0 Å². The number of halogens is 1. The van der Waals surface area contributed by atoms with Crippen molar-refractivity contribution >= 4 is 12.1 Å². The molecule has 0 unspecified atom stereocenters. The van der Waals surface area contributed by atoms with E-state index in [4.69, 9.17) is 4.74 Å². The van der Waals surface area contributed by atoms with Gasteiger partial charge in [0.15, 0.2) is 5.54 Å². The fourth-order valence-electron chi connectivity index (χ4n) is 2.43. The highest BCUT2D eigenvalue weighted by atomic mass is 19.1. The molecule has 2 N–H and O–H groups in total. The Morgan fingerprint density at radius 3 is 2.05 bits per heavy atom. The van der Waals surface area contributed by atoms with Gasteiger partial charge in [-0.05, 0) is 33.1 Å². The SMILES string of the molecule is CC(C)C[C@@](C(=O)O)([C@@H](CO)CF)N(C)C(=O)OC(C)(C)C. The molecule has 1 amide bonds. The molecule has 7 heteroatoms. The van der Waals surface area contributed by atoms with Crippen LogP contribution in [-0.2, 0) is 9.53 Å². The standard InChI is InChI=1S/C15H28FNO5/c1-10(2)7-15(12(19)20,11(8-16)9-18)17(6)13(21)22-14(3,4)5/h10-11,18H,7-9H2,1-6H3,(H,19,20)/t11-,15+/m1/s1. The molecule has 0 fully saturated rings. The number of aliphatic hydroxyl groups excluding tert-OH is 1. The Labute approximate surface area is 131 Å². The third-order valence-electron chi connectivity index (χ3n) is 3.44. The van der Waals surface area contributed by atoms with Crippen LogP contribution >= 0.6 is 0 Å². The number of alkyl halides is 1. The van der Waals surface area contributed by atoms with Crippen LogP contribution in [0.15, 0.2) is 0 Å². The molecule has 0 bridgehead atoms. The third kappa shape index (κ3) is 4.83. The second-order valence-electron chi connectivity index (χ2n) is 6.90. The molecule has 22 heavy (non-hydrogen) atoms. The van der Waals surface area contributed by atoms with E-state index in [2.05, 4.69) is 0 Å². The largest absolute Gasteiger partial charge is 0.479 e. The lowest BCUT2D eigenvalue weighted by atomic mass is 9.77. The number of carbonyl (C=O) groups excluding carboxylic acids is 1. The first-order valence-corrected chi connectivity index (χ1v) is 7.29. The van der Waals surface area contributed by atoms with Crippen LogP contribution in [0.3, 0.4) is 0 Å². The first-order valence-electron chi connectivity index (χ1n) is 7.29. The molecule has 0 aromatic carbocycles. The molecule has 130 valence electrons. The number of carbonyl (C=O) groups is 2. The van der Waals surface area contributed by atoms with Crippen LogP contribution in [0.25, 0.3) is 0 Å². The molecule has 0 aromatic rings. The van der Waals surface area contributed by atoms with Crippen molar-refractivity contribution in [3.05, 3.63) is 0 Å². The minimum Gasteiger partial charge on any atom is -0.479 e. The summed E-state index contributed by atoms with van der Waals surface area (Å²) in [6.07, 6.45) is -0.852. The highest BCUT2D eigenvalue weighted by Crippen LogP contribution is 2.33. The van der Waals surface area contributed by atoms with Crippen LogP contribution in [-0.4, -0.2) is 58.6 Å². The van der Waals surface area contributed by atoms with Gasteiger partial charge in [-0.3, -0.25) is 9.29 Å². The quantitative estimate of drug-likeness (QED) is 0.751. The average Bonchev–Trinajstić information content (AvgIpc) is 2.34. The number of amides is 1. The Balaban J connectivity index is 5.81. The first-order chi connectivity index (χ1) is 9.92. The summed E-state index contributed by atoms with van der Waals surface area (Å²) in [7, 11) is 1.27. The Morgan fingerprint density at radius 1 is 1.27 bits per heavy atom. The summed E-state index contributed by atoms with van der Waals surface area (Å²) in [5, 5.41) is 19.1. The van der Waals surface area contributed by atoms with Gasteiger partial charge in [0.2, 0.25) is 0 Å². The fourth-order valence-corrected chi connectivity index (χ4v) is 2.43. The van der Waals surface area contributed by atoms with Crippen LogP contribution in [0.5, 0.6) is 0 Å². The van der Waals surface area contributed by atoms with E-state index >= 15 is 0 Å². The highest BCUT2D eigenvalue weighted by Gasteiger charge is 2.52. The van der Waals surface area contributed by atoms with E-state index in [-0.39, 0.29) is 12.3 Å². The van der Waals surface area contributed by atoms with Crippen molar-refractivity contribution in [2.24, 2.45) is 11.8 Å². The zero-order valence-corrected chi connectivity index (χ0v) is 14.2. The average molecular weight is 321 g/mol. The van der Waals surface area contributed by atoms with E-state index < -0.39 is 42.4 Å². The van der Waals surface area contributed by atoms with Gasteiger partial charge in [-0.25, -0.2) is 9.59 Å². The van der Waals surface area contributed by atoms with E-state index in [1.807, 2.05) is 0 Å². The number of aliphatic carboxylic acids is 1. The van der Waals surface area contributed by atoms with Crippen LogP contribution in [0.2, 0.25) is 0 Å². The summed E-state index contributed by atoms with van der Waals surface area (Å²) in [5.41, 5.74) is -2.67. The minimum atomic E-state index is -1.86. The van der Waals surface area contributed by atoms with Crippen molar-refractivity contribution in [3.63, 3.8) is 0 Å². The summed E-state index contributed by atoms with van der Waals surface area (Å²) in [5.74, 6) is -2.71. The van der Waals surface area contributed by atoms with Gasteiger partial charge in [0.05, 0.1) is 13.3 Å². The molecular formula is C15H28FNO5. The van der Waals surface area contributed by atoms with Gasteiger partial charge < -0.3 is 14.9 Å². The second-order valence-corrected chi connectivity index (χ2v) is 6.90. The summed E-state index contributed by atoms with van der Waals surface area (Å²) in [4.78, 5) is 25.1. The predicted molar refractivity (Wildman–Crippen MR) is 80.4 cm³/mol. The smallest absolute Gasteiger partial charge is 0.411 e. The van der Waals surface area contributed by atoms with E-state index in [1.54, 1.807) is 34.6 Å². The van der Waals surface area contributed by atoms with Crippen molar-refractivity contribution in [1.29, 1.82) is 0 Å². The number of ether oxygens (including phenoxy) is 1. The maximum Gasteiger partial charge on any atom is 0.411 e. The van der Waals surface area contributed by atoms with Crippen molar-refractivity contribution < 1.29 is 28.9 Å². The Hall–Kier alpha value is -1.37. The van der Waals surface area contributed by atoms with Crippen LogP contribution < -0.4 is 0 Å². The summed E-state index contributed by atoms with van der Waals surface area (Å²) >= 11 is 0. The van der Waals surface area contributed by atoms with Crippen molar-refractivity contribution in [2.45, 2.75) is 52.2 Å². The lowest BCUT2D eigenvalue weighted by Crippen LogP contribution is -2.62. The van der Waals surface area contributed by atoms with Gasteiger partial charge >= 0.3 is 12.1 Å². The zero-order chi connectivity index (χ0) is 17.7. The third-order valence-corrected chi connectivity index (χ3v) is 3.44. The Kier molecular flexibility index (Phi) is 7.28. The van der Waals surface area contributed by atoms with Crippen molar-refractivity contribution in [3.8, 4) is 0 Å². The number of aliphatic hydroxyl groups is 1. The van der Waals surface area contributed by atoms with E-state index in [9.17, 15) is 24.2 Å². The number of hydrogen-bond donors (Lipinski definition) is 2. The predicted octanol–water partition coefficient (Wildman–Crippen LogP) is 2.30. The van der Waals surface area contributed by atoms with Gasteiger partial charge in [-0.1, -0.05) is 13.8 Å². The van der Waals surface area contributed by atoms with Gasteiger partial charge in [-0.15, -0.1) is 0 Å². The van der Waals surface area contributed by atoms with Crippen LogP contribution in [0.1, 0.15) is 41.0 Å². The lowest BCUT2D eigenvalue weighted by Gasteiger charge is -2.43. The fraction of sp³-hybridized carbons (Fsp3) is 0.867. The van der Waals surface area contributed by atoms with E-state index in [0.29, 0.717) is 0 Å². The molecule has 0 heterocycles. The second kappa shape index (κ2) is 7.76. The maximum absolute atomic E-state index is 13.3. The van der Waals surface area contributed by atoms with E-state index in [0.717, 1.165) is 4.90 Å². The molecule has 0 spiro atoms. The maximum atomic E-state index is 13.3. The lowest BCUT2D eigenvalue weighted by molar-refractivity contribution is -0.158. The molecule has 6 nitrogen and oxygen atoms in total. The number of nitrogens with zero attached hydrogens (tertiary/aromatic N) is 1. The molecule has 0 aliphatic carbocycles. The Morgan fingerprint density at radius 2 is 1.77 bits per heavy atom. The van der Waals surface area contributed by atoms with Crippen LogP contribution in [0, 0.1) is 11.8 Å². The van der Waals surface area contributed by atoms with Crippen molar-refractivity contribution in [2.75, 3.05) is 20.3 Å². The summed E-state index contributed by atoms with van der Waals surface area (Å²) in [6.45, 7) is 6.78. The summed E-state index contributed by atoms with van der Waals surface area (Å²) in [6, 6.07) is 0. The number of carboxylic acids is 1. The zero-order valence-electron chi connectivity index (χ0n) is 14.2. The van der Waals surface area contributed by atoms with Crippen molar-refractivity contribution in [1.82, 2.24) is 4.90 Å². The molecular weight excluding hydrogens is 293 g/mol. The molecule has 0 saturated heterocycles. The normalized spacial score (nSPS) is 16.0. The van der Waals surface area contributed by atoms with Gasteiger partial charge in [0.25, 0.3) is 0 Å². The van der Waals surface area contributed by atoms with E-state index in [1.165, 1.54) is 7.05 Å². The molecule has 0 rings (SSSR count). The highest BCUT2D eigenvalue weighted by molar-refractivity contribution is 5.85. The topological polar surface area (TPSA) is 87.1 Å². The monoisotopic (exact) mass is 321 g/mol. The van der Waals surface area contributed by atoms with Gasteiger partial charge in [-0.2, -0.15) is 0 Å². The molecule has 0 aromatic heterocycles. The first kappa shape index (κ1) is 20.6.